The molecule has 0 saturated carbocycles. The van der Waals surface area contributed by atoms with E-state index in [0.29, 0.717) is 27.3 Å². The van der Waals surface area contributed by atoms with Crippen LogP contribution in [0.4, 0.5) is 8.78 Å². The number of carbonyl (C=O) groups is 1. The minimum Gasteiger partial charge on any atom is -0.486 e. The minimum atomic E-state index is -1.08. The van der Waals surface area contributed by atoms with E-state index in [2.05, 4.69) is 15.0 Å². The van der Waals surface area contributed by atoms with E-state index in [1.54, 1.807) is 55.0 Å². The molecule has 0 aliphatic heterocycles. The van der Waals surface area contributed by atoms with Crippen LogP contribution in [0.5, 0.6) is 5.75 Å². The highest BCUT2D eigenvalue weighted by molar-refractivity contribution is 6.30. The van der Waals surface area contributed by atoms with Crippen LogP contribution in [0.1, 0.15) is 21.5 Å². The van der Waals surface area contributed by atoms with Crippen LogP contribution in [0.2, 0.25) is 5.02 Å². The fourth-order valence-electron chi connectivity index (χ4n) is 3.59. The third kappa shape index (κ3) is 4.72. The highest BCUT2D eigenvalue weighted by Crippen LogP contribution is 2.28. The molecule has 3 aromatic carbocycles. The monoisotopic (exact) mass is 487 g/mol. The van der Waals surface area contributed by atoms with E-state index in [9.17, 15) is 9.18 Å². The van der Waals surface area contributed by atoms with Gasteiger partial charge >= 0.3 is 0 Å². The minimum absolute atomic E-state index is 0.000569. The third-order valence-electron chi connectivity index (χ3n) is 5.33. The molecule has 5 nitrogen and oxygen atoms in total. The summed E-state index contributed by atoms with van der Waals surface area (Å²) < 4.78 is 35.3. The zero-order valence-electron chi connectivity index (χ0n) is 18.1. The lowest BCUT2D eigenvalue weighted by molar-refractivity contribution is 0.103. The van der Waals surface area contributed by atoms with Crippen molar-refractivity contribution in [1.29, 1.82) is 0 Å². The molecule has 0 spiro atoms. The van der Waals surface area contributed by atoms with E-state index in [-0.39, 0.29) is 17.9 Å². The van der Waals surface area contributed by atoms with Crippen molar-refractivity contribution in [3.8, 4) is 17.0 Å². The molecule has 0 atom stereocenters. The van der Waals surface area contributed by atoms with Crippen molar-refractivity contribution in [2.45, 2.75) is 6.61 Å². The summed E-state index contributed by atoms with van der Waals surface area (Å²) in [6.07, 6.45) is 4.88. The summed E-state index contributed by atoms with van der Waals surface area (Å²) in [4.78, 5) is 26.1. The molecule has 0 amide bonds. The van der Waals surface area contributed by atoms with Crippen LogP contribution in [0, 0.1) is 11.6 Å². The first-order valence-corrected chi connectivity index (χ1v) is 10.9. The predicted molar refractivity (Wildman–Crippen MR) is 128 cm³/mol. The van der Waals surface area contributed by atoms with Crippen molar-refractivity contribution in [2.75, 3.05) is 0 Å². The lowest BCUT2D eigenvalue weighted by Crippen LogP contribution is -2.10. The zero-order valence-corrected chi connectivity index (χ0v) is 18.8. The number of ether oxygens (including phenoxy) is 1. The van der Waals surface area contributed by atoms with E-state index < -0.39 is 23.0 Å². The normalized spacial score (nSPS) is 10.9. The van der Waals surface area contributed by atoms with Crippen molar-refractivity contribution in [1.82, 2.24) is 15.0 Å². The van der Waals surface area contributed by atoms with Gasteiger partial charge in [-0.15, -0.1) is 0 Å². The van der Waals surface area contributed by atoms with Crippen molar-refractivity contribution in [3.05, 3.63) is 119 Å². The maximum Gasteiger partial charge on any atom is 0.199 e. The number of fused-ring (bicyclic) bond motifs is 1. The van der Waals surface area contributed by atoms with Gasteiger partial charge in [-0.2, -0.15) is 0 Å². The Labute approximate surface area is 204 Å². The molecule has 0 unspecified atom stereocenters. The maximum absolute atomic E-state index is 15.2. The molecule has 8 heteroatoms. The van der Waals surface area contributed by atoms with Gasteiger partial charge in [0.25, 0.3) is 0 Å². The lowest BCUT2D eigenvalue weighted by atomic mass is 10.0. The fraction of sp³-hybridized carbons (Fsp3) is 0.0370. The topological polar surface area (TPSA) is 65.0 Å². The van der Waals surface area contributed by atoms with Crippen LogP contribution in [-0.2, 0) is 6.61 Å². The lowest BCUT2D eigenvalue weighted by Gasteiger charge is -2.11. The Balaban J connectivity index is 1.47. The smallest absolute Gasteiger partial charge is 0.199 e. The van der Waals surface area contributed by atoms with E-state index in [1.165, 1.54) is 12.1 Å². The Morgan fingerprint density at radius 3 is 2.63 bits per heavy atom. The highest BCUT2D eigenvalue weighted by Gasteiger charge is 2.23. The second-order valence-corrected chi connectivity index (χ2v) is 8.12. The second kappa shape index (κ2) is 9.56. The molecule has 0 radical (unpaired) electrons. The number of hydrogen-bond acceptors (Lipinski definition) is 5. The van der Waals surface area contributed by atoms with Gasteiger partial charge in [0, 0.05) is 28.5 Å². The molecule has 0 N–H and O–H groups in total. The summed E-state index contributed by atoms with van der Waals surface area (Å²) in [5.74, 6) is -3.14. The van der Waals surface area contributed by atoms with Crippen LogP contribution < -0.4 is 4.74 Å². The Kier molecular flexibility index (Phi) is 6.16. The number of halogens is 3. The van der Waals surface area contributed by atoms with E-state index in [4.69, 9.17) is 16.3 Å². The first kappa shape index (κ1) is 22.6. The Bertz CT molecular complexity index is 1560. The molecule has 35 heavy (non-hydrogen) atoms. The number of ketones is 1. The van der Waals surface area contributed by atoms with Gasteiger partial charge in [-0.25, -0.2) is 13.8 Å². The van der Waals surface area contributed by atoms with Crippen LogP contribution in [-0.4, -0.2) is 20.7 Å². The molecule has 2 heterocycles. The average molecular weight is 488 g/mol. The summed E-state index contributed by atoms with van der Waals surface area (Å²) in [5.41, 5.74) is 2.32. The van der Waals surface area contributed by atoms with Crippen molar-refractivity contribution >= 4 is 28.4 Å². The second-order valence-electron chi connectivity index (χ2n) is 7.68. The van der Waals surface area contributed by atoms with Crippen molar-refractivity contribution < 1.29 is 18.3 Å². The van der Waals surface area contributed by atoms with Crippen molar-refractivity contribution in [2.24, 2.45) is 0 Å². The van der Waals surface area contributed by atoms with Gasteiger partial charge in [0.05, 0.1) is 28.5 Å². The molecule has 0 aliphatic rings. The average Bonchev–Trinajstić information content (AvgIpc) is 2.88. The standard InChI is InChI=1S/C27H16ClF2N3O2/c28-19-5-1-3-16(11-19)15-35-24-9-7-20(29)25(26(24)30)27(34)17-6-8-21-22(12-17)33-23(14-32-21)18-4-2-10-31-13-18/h1-14H,15H2. The number of pyridine rings is 1. The third-order valence-corrected chi connectivity index (χ3v) is 5.56. The number of hydrogen-bond donors (Lipinski definition) is 0. The SMILES string of the molecule is O=C(c1ccc2ncc(-c3cccnc3)nc2c1)c1c(F)ccc(OCc2cccc(Cl)c2)c1F. The quantitative estimate of drug-likeness (QED) is 0.258. The van der Waals surface area contributed by atoms with Crippen LogP contribution >= 0.6 is 11.6 Å². The van der Waals surface area contributed by atoms with Crippen molar-refractivity contribution in [3.63, 3.8) is 0 Å². The molecule has 0 bridgehead atoms. The number of benzene rings is 3. The molecule has 5 rings (SSSR count). The van der Waals surface area contributed by atoms with Gasteiger partial charge in [-0.1, -0.05) is 23.7 Å². The fourth-order valence-corrected chi connectivity index (χ4v) is 3.80. The summed E-state index contributed by atoms with van der Waals surface area (Å²) in [6, 6.07) is 17.1. The van der Waals surface area contributed by atoms with Gasteiger partial charge in [0.1, 0.15) is 12.4 Å². The van der Waals surface area contributed by atoms with E-state index in [1.807, 2.05) is 6.07 Å². The summed E-state index contributed by atoms with van der Waals surface area (Å²) >= 11 is 5.96. The van der Waals surface area contributed by atoms with Gasteiger partial charge in [0.2, 0.25) is 0 Å². The summed E-state index contributed by atoms with van der Waals surface area (Å²) in [5, 5.41) is 0.507. The highest BCUT2D eigenvalue weighted by atomic mass is 35.5. The first-order valence-electron chi connectivity index (χ1n) is 10.6. The van der Waals surface area contributed by atoms with Gasteiger partial charge in [0.15, 0.2) is 17.3 Å². The summed E-state index contributed by atoms with van der Waals surface area (Å²) in [6.45, 7) is -0.000569. The molecule has 5 aromatic rings. The van der Waals surface area contributed by atoms with E-state index >= 15 is 4.39 Å². The molecule has 0 fully saturated rings. The number of carbonyl (C=O) groups excluding carboxylic acids is 1. The van der Waals surface area contributed by atoms with Crippen LogP contribution in [0.3, 0.4) is 0 Å². The number of rotatable bonds is 6. The Morgan fingerprint density at radius 2 is 1.83 bits per heavy atom. The zero-order chi connectivity index (χ0) is 24.4. The Morgan fingerprint density at radius 1 is 0.943 bits per heavy atom. The van der Waals surface area contributed by atoms with Gasteiger partial charge in [-0.05, 0) is 60.2 Å². The molecule has 2 aromatic heterocycles. The van der Waals surface area contributed by atoms with E-state index in [0.717, 1.165) is 17.7 Å². The molecule has 0 aliphatic carbocycles. The summed E-state index contributed by atoms with van der Waals surface area (Å²) in [7, 11) is 0. The number of aromatic nitrogens is 3. The van der Waals surface area contributed by atoms with Gasteiger partial charge in [-0.3, -0.25) is 14.8 Å². The largest absolute Gasteiger partial charge is 0.486 e. The molecular formula is C27H16ClF2N3O2. The maximum atomic E-state index is 15.2. The van der Waals surface area contributed by atoms with Crippen LogP contribution in [0.25, 0.3) is 22.3 Å². The molecular weight excluding hydrogens is 472 g/mol. The predicted octanol–water partition coefficient (Wildman–Crippen LogP) is 6.43. The molecule has 172 valence electrons. The van der Waals surface area contributed by atoms with Crippen LogP contribution in [0.15, 0.2) is 85.3 Å². The number of nitrogens with zero attached hydrogens (tertiary/aromatic N) is 3. The first-order chi connectivity index (χ1) is 17.0. The molecule has 0 saturated heterocycles. The Hall–Kier alpha value is -4.23. The van der Waals surface area contributed by atoms with Gasteiger partial charge < -0.3 is 4.74 Å².